The Morgan fingerprint density at radius 1 is 1.14 bits per heavy atom. The summed E-state index contributed by atoms with van der Waals surface area (Å²) in [6.45, 7) is 1.44. The minimum Gasteiger partial charge on any atom is -0.455 e. The second-order valence-electron chi connectivity index (χ2n) is 8.51. The van der Waals surface area contributed by atoms with Gasteiger partial charge in [-0.25, -0.2) is 9.97 Å². The summed E-state index contributed by atoms with van der Waals surface area (Å²) >= 11 is 8.26. The van der Waals surface area contributed by atoms with Crippen LogP contribution in [0.1, 0.15) is 0 Å². The number of carbonyl (C=O) groups excluding carboxylic acids is 1. The Morgan fingerprint density at radius 2 is 2.03 bits per heavy atom. The normalized spacial score (nSPS) is 11.3. The Hall–Kier alpha value is -3.66. The fraction of sp³-hybridized carbons (Fsp3) is 0.192. The maximum Gasteiger partial charge on any atom is 0.234 e. The second-order valence-corrected chi connectivity index (χ2v) is 9.87. The van der Waals surface area contributed by atoms with Crippen molar-refractivity contribution in [1.82, 2.24) is 24.8 Å². The first-order chi connectivity index (χ1) is 17.5. The Bertz CT molecular complexity index is 1530. The Balaban J connectivity index is 1.32. The third kappa shape index (κ3) is 5.28. The number of amides is 1. The zero-order valence-corrected chi connectivity index (χ0v) is 21.4. The largest absolute Gasteiger partial charge is 0.455 e. The first-order valence-electron chi connectivity index (χ1n) is 11.4. The van der Waals surface area contributed by atoms with Crippen LogP contribution in [0.15, 0.2) is 66.4 Å². The number of anilines is 2. The molecule has 0 fully saturated rings. The predicted molar refractivity (Wildman–Crippen MR) is 146 cm³/mol. The molecule has 0 saturated heterocycles. The number of aromatic nitrogens is 3. The summed E-state index contributed by atoms with van der Waals surface area (Å²) in [5.74, 6) is 1.98. The Morgan fingerprint density at radius 3 is 2.86 bits per heavy atom. The van der Waals surface area contributed by atoms with Gasteiger partial charge in [-0.05, 0) is 61.9 Å². The van der Waals surface area contributed by atoms with E-state index in [0.29, 0.717) is 36.2 Å². The van der Waals surface area contributed by atoms with Crippen molar-refractivity contribution in [3.63, 3.8) is 0 Å². The molecule has 2 N–H and O–H groups in total. The zero-order chi connectivity index (χ0) is 25.1. The number of fused-ring (bicyclic) bond motifs is 2. The van der Waals surface area contributed by atoms with E-state index in [1.165, 1.54) is 6.33 Å². The second kappa shape index (κ2) is 10.5. The van der Waals surface area contributed by atoms with E-state index in [1.54, 1.807) is 11.3 Å². The van der Waals surface area contributed by atoms with Crippen LogP contribution in [-0.2, 0) is 11.3 Å². The number of thiophene rings is 1. The number of nitrogens with zero attached hydrogens (tertiary/aromatic N) is 4. The molecule has 36 heavy (non-hydrogen) atoms. The summed E-state index contributed by atoms with van der Waals surface area (Å²) in [5, 5.41) is 9.87. The molecule has 0 atom stereocenters. The maximum absolute atomic E-state index is 12.0. The molecule has 10 heteroatoms. The van der Waals surface area contributed by atoms with Gasteiger partial charge < -0.3 is 24.8 Å². The number of benzene rings is 2. The van der Waals surface area contributed by atoms with Gasteiger partial charge in [-0.3, -0.25) is 4.79 Å². The van der Waals surface area contributed by atoms with Crippen LogP contribution in [0.25, 0.3) is 21.1 Å². The Kier molecular flexibility index (Phi) is 7.04. The standard InChI is InChI=1S/C26H25ClN6O2S/c1-32(2)15-24(34)28-10-12-33-11-8-20-25(33)26(30-16-29-20)31-17-6-7-22(19(27)14-17)35-21-4-3-5-23-18(21)9-13-36-23/h3-9,11,13-14,16H,10,12,15H2,1-2H3,(H,28,34)(H,29,30,31). The van der Waals surface area contributed by atoms with Gasteiger partial charge in [-0.1, -0.05) is 17.7 Å². The minimum absolute atomic E-state index is 0.0155. The van der Waals surface area contributed by atoms with Crippen molar-refractivity contribution in [3.05, 3.63) is 71.5 Å². The lowest BCUT2D eigenvalue weighted by Crippen LogP contribution is -2.35. The molecule has 3 aromatic heterocycles. The minimum atomic E-state index is -0.0155. The van der Waals surface area contributed by atoms with E-state index in [0.717, 1.165) is 32.6 Å². The SMILES string of the molecule is CN(C)CC(=O)NCCn1ccc2ncnc(Nc3ccc(Oc4cccc5sccc45)c(Cl)c3)c21. The highest BCUT2D eigenvalue weighted by atomic mass is 35.5. The molecule has 0 bridgehead atoms. The van der Waals surface area contributed by atoms with Crippen LogP contribution in [0.5, 0.6) is 11.5 Å². The van der Waals surface area contributed by atoms with Gasteiger partial charge in [0.1, 0.15) is 23.3 Å². The van der Waals surface area contributed by atoms with E-state index in [9.17, 15) is 4.79 Å². The van der Waals surface area contributed by atoms with Crippen molar-refractivity contribution < 1.29 is 9.53 Å². The third-order valence-corrected chi connectivity index (χ3v) is 6.73. The number of hydrogen-bond acceptors (Lipinski definition) is 7. The average Bonchev–Trinajstić information content (AvgIpc) is 3.49. The summed E-state index contributed by atoms with van der Waals surface area (Å²) in [6, 6.07) is 15.5. The quantitative estimate of drug-likeness (QED) is 0.266. The number of likely N-dealkylation sites (N-methyl/N-ethyl adjacent to an activating group) is 1. The zero-order valence-electron chi connectivity index (χ0n) is 19.9. The lowest BCUT2D eigenvalue weighted by molar-refractivity contribution is -0.121. The van der Waals surface area contributed by atoms with Gasteiger partial charge in [0.15, 0.2) is 5.82 Å². The van der Waals surface area contributed by atoms with Gasteiger partial charge in [0, 0.05) is 35.1 Å². The fourth-order valence-electron chi connectivity index (χ4n) is 3.94. The van der Waals surface area contributed by atoms with Gasteiger partial charge >= 0.3 is 0 Å². The van der Waals surface area contributed by atoms with Crippen molar-refractivity contribution in [3.8, 4) is 11.5 Å². The summed E-state index contributed by atoms with van der Waals surface area (Å²) in [6.07, 6.45) is 3.46. The molecule has 0 aliphatic rings. The molecule has 0 spiro atoms. The van der Waals surface area contributed by atoms with Crippen molar-refractivity contribution in [2.24, 2.45) is 0 Å². The molecule has 5 aromatic rings. The first kappa shape index (κ1) is 24.1. The number of hydrogen-bond donors (Lipinski definition) is 2. The predicted octanol–water partition coefficient (Wildman–Crippen LogP) is 5.51. The number of rotatable bonds is 9. The van der Waals surface area contributed by atoms with Crippen LogP contribution in [0.2, 0.25) is 5.02 Å². The molecule has 184 valence electrons. The topological polar surface area (TPSA) is 84.3 Å². The monoisotopic (exact) mass is 520 g/mol. The summed E-state index contributed by atoms with van der Waals surface area (Å²) < 4.78 is 9.31. The number of nitrogens with one attached hydrogen (secondary N) is 2. The molecule has 1 amide bonds. The van der Waals surface area contributed by atoms with Crippen LogP contribution in [-0.4, -0.2) is 52.5 Å². The average molecular weight is 521 g/mol. The van der Waals surface area contributed by atoms with Crippen molar-refractivity contribution in [2.75, 3.05) is 32.5 Å². The maximum atomic E-state index is 12.0. The van der Waals surface area contributed by atoms with Crippen LogP contribution < -0.4 is 15.4 Å². The van der Waals surface area contributed by atoms with E-state index >= 15 is 0 Å². The van der Waals surface area contributed by atoms with Crippen LogP contribution in [0.4, 0.5) is 11.5 Å². The lowest BCUT2D eigenvalue weighted by Gasteiger charge is -2.14. The molecule has 0 unspecified atom stereocenters. The van der Waals surface area contributed by atoms with Crippen LogP contribution in [0.3, 0.4) is 0 Å². The first-order valence-corrected chi connectivity index (χ1v) is 12.7. The van der Waals surface area contributed by atoms with Crippen LogP contribution in [0, 0.1) is 0 Å². The molecule has 0 radical (unpaired) electrons. The van der Waals surface area contributed by atoms with E-state index in [4.69, 9.17) is 16.3 Å². The molecule has 8 nitrogen and oxygen atoms in total. The fourth-order valence-corrected chi connectivity index (χ4v) is 4.96. The molecule has 3 heterocycles. The number of halogens is 1. The van der Waals surface area contributed by atoms with Gasteiger partial charge in [0.05, 0.1) is 17.1 Å². The van der Waals surface area contributed by atoms with E-state index < -0.39 is 0 Å². The lowest BCUT2D eigenvalue weighted by atomic mass is 10.2. The molecule has 2 aromatic carbocycles. The van der Waals surface area contributed by atoms with E-state index in [-0.39, 0.29) is 5.91 Å². The highest BCUT2D eigenvalue weighted by Crippen LogP contribution is 2.37. The van der Waals surface area contributed by atoms with Gasteiger partial charge in [0.2, 0.25) is 5.91 Å². The van der Waals surface area contributed by atoms with Gasteiger partial charge in [0.25, 0.3) is 0 Å². The van der Waals surface area contributed by atoms with E-state index in [2.05, 4.69) is 26.7 Å². The van der Waals surface area contributed by atoms with E-state index in [1.807, 2.05) is 77.6 Å². The molecular formula is C26H25ClN6O2S. The van der Waals surface area contributed by atoms with Gasteiger partial charge in [-0.2, -0.15) is 0 Å². The number of ether oxygens (including phenoxy) is 1. The number of carbonyl (C=O) groups is 1. The Labute approximate surface area is 217 Å². The molecule has 0 aliphatic heterocycles. The molecular weight excluding hydrogens is 496 g/mol. The van der Waals surface area contributed by atoms with Crippen molar-refractivity contribution in [1.29, 1.82) is 0 Å². The molecule has 0 aliphatic carbocycles. The van der Waals surface area contributed by atoms with Gasteiger partial charge in [-0.15, -0.1) is 11.3 Å². The molecule has 0 saturated carbocycles. The highest BCUT2D eigenvalue weighted by Gasteiger charge is 2.13. The smallest absolute Gasteiger partial charge is 0.234 e. The van der Waals surface area contributed by atoms with Crippen molar-refractivity contribution in [2.45, 2.75) is 6.54 Å². The summed E-state index contributed by atoms with van der Waals surface area (Å²) in [4.78, 5) is 22.6. The molecule has 5 rings (SSSR count). The third-order valence-electron chi connectivity index (χ3n) is 5.56. The summed E-state index contributed by atoms with van der Waals surface area (Å²) in [5.41, 5.74) is 2.43. The highest BCUT2D eigenvalue weighted by molar-refractivity contribution is 7.17. The van der Waals surface area contributed by atoms with Crippen molar-refractivity contribution >= 4 is 61.5 Å². The van der Waals surface area contributed by atoms with Crippen LogP contribution >= 0.6 is 22.9 Å². The summed E-state index contributed by atoms with van der Waals surface area (Å²) in [7, 11) is 3.73.